The van der Waals surface area contributed by atoms with Crippen molar-refractivity contribution in [3.8, 4) is 0 Å². The van der Waals surface area contributed by atoms with Crippen LogP contribution in [0.15, 0.2) is 11.6 Å². The fourth-order valence-corrected chi connectivity index (χ4v) is 1.28. The van der Waals surface area contributed by atoms with E-state index in [1.807, 2.05) is 0 Å². The minimum absolute atomic E-state index is 0.538. The van der Waals surface area contributed by atoms with Crippen LogP contribution in [0.5, 0.6) is 0 Å². The van der Waals surface area contributed by atoms with Crippen molar-refractivity contribution in [2.75, 3.05) is 0 Å². The van der Waals surface area contributed by atoms with Crippen molar-refractivity contribution in [3.05, 3.63) is 11.6 Å². The lowest BCUT2D eigenvalue weighted by Gasteiger charge is -2.26. The van der Waals surface area contributed by atoms with Crippen molar-refractivity contribution in [2.45, 2.75) is 53.9 Å². The van der Waals surface area contributed by atoms with Gasteiger partial charge in [0.2, 0.25) is 0 Å². The quantitative estimate of drug-likeness (QED) is 0.533. The molecule has 0 N–H and O–H groups in total. The van der Waals surface area contributed by atoms with Gasteiger partial charge >= 0.3 is 0 Å². The first-order valence-electron chi connectivity index (χ1n) is 4.69. The highest BCUT2D eigenvalue weighted by molar-refractivity contribution is 4.99. The summed E-state index contributed by atoms with van der Waals surface area (Å²) < 4.78 is 0. The molecule has 0 fully saturated rings. The third-order valence-corrected chi connectivity index (χ3v) is 2.91. The molecule has 0 spiro atoms. The zero-order chi connectivity index (χ0) is 8.91. The molecular weight excluding hydrogens is 132 g/mol. The van der Waals surface area contributed by atoms with Gasteiger partial charge in [-0.25, -0.2) is 0 Å². The molecule has 0 nitrogen and oxygen atoms in total. The van der Waals surface area contributed by atoms with Gasteiger partial charge in [0.25, 0.3) is 0 Å². The van der Waals surface area contributed by atoms with E-state index in [2.05, 4.69) is 40.7 Å². The summed E-state index contributed by atoms with van der Waals surface area (Å²) in [6.07, 6.45) is 6.06. The molecule has 0 amide bonds. The van der Waals surface area contributed by atoms with Gasteiger partial charge in [-0.3, -0.25) is 0 Å². The van der Waals surface area contributed by atoms with Crippen LogP contribution in [-0.2, 0) is 0 Å². The zero-order valence-corrected chi connectivity index (χ0v) is 8.70. The van der Waals surface area contributed by atoms with Gasteiger partial charge in [-0.15, -0.1) is 0 Å². The van der Waals surface area contributed by atoms with Crippen LogP contribution in [0.4, 0.5) is 0 Å². The van der Waals surface area contributed by atoms with Gasteiger partial charge in [-0.2, -0.15) is 0 Å². The molecule has 0 aromatic heterocycles. The Hall–Kier alpha value is -0.260. The van der Waals surface area contributed by atoms with E-state index in [0.717, 1.165) is 0 Å². The van der Waals surface area contributed by atoms with E-state index in [0.29, 0.717) is 5.41 Å². The molecule has 0 bridgehead atoms. The smallest absolute Gasteiger partial charge is 0.0269 e. The third kappa shape index (κ3) is 3.60. The average molecular weight is 154 g/mol. The van der Waals surface area contributed by atoms with Crippen molar-refractivity contribution in [2.24, 2.45) is 5.41 Å². The van der Waals surface area contributed by atoms with E-state index in [9.17, 15) is 0 Å². The van der Waals surface area contributed by atoms with Gasteiger partial charge in [0, 0.05) is 0 Å². The minimum atomic E-state index is 0.538. The van der Waals surface area contributed by atoms with Crippen LogP contribution in [0.3, 0.4) is 0 Å². The van der Waals surface area contributed by atoms with Crippen LogP contribution >= 0.6 is 0 Å². The fourth-order valence-electron chi connectivity index (χ4n) is 1.28. The molecule has 0 heteroatoms. The predicted molar refractivity (Wildman–Crippen MR) is 52.7 cm³/mol. The van der Waals surface area contributed by atoms with Gasteiger partial charge < -0.3 is 0 Å². The van der Waals surface area contributed by atoms with Crippen molar-refractivity contribution >= 4 is 0 Å². The van der Waals surface area contributed by atoms with Crippen LogP contribution in [0.2, 0.25) is 0 Å². The summed E-state index contributed by atoms with van der Waals surface area (Å²) in [6.45, 7) is 11.3. The van der Waals surface area contributed by atoms with Crippen LogP contribution in [0, 0.1) is 5.41 Å². The van der Waals surface area contributed by atoms with E-state index in [4.69, 9.17) is 0 Å². The number of hydrogen-bond acceptors (Lipinski definition) is 0. The summed E-state index contributed by atoms with van der Waals surface area (Å²) in [5.41, 5.74) is 2.06. The van der Waals surface area contributed by atoms with Gasteiger partial charge in [-0.05, 0) is 25.7 Å². The van der Waals surface area contributed by atoms with Crippen molar-refractivity contribution in [3.63, 3.8) is 0 Å². The lowest BCUT2D eigenvalue weighted by atomic mass is 9.79. The van der Waals surface area contributed by atoms with E-state index < -0.39 is 0 Å². The van der Waals surface area contributed by atoms with Crippen molar-refractivity contribution in [1.82, 2.24) is 0 Å². The molecule has 0 aromatic rings. The largest absolute Gasteiger partial charge is 0.0887 e. The van der Waals surface area contributed by atoms with Crippen molar-refractivity contribution < 1.29 is 0 Å². The number of allylic oxidation sites excluding steroid dienone is 2. The predicted octanol–water partition coefficient (Wildman–Crippen LogP) is 4.17. The second kappa shape index (κ2) is 4.58. The van der Waals surface area contributed by atoms with Gasteiger partial charge in [0.05, 0.1) is 0 Å². The summed E-state index contributed by atoms with van der Waals surface area (Å²) >= 11 is 0. The summed E-state index contributed by atoms with van der Waals surface area (Å²) in [4.78, 5) is 0. The SMILES string of the molecule is CC=C(C)CC(C)(CC)CC. The molecule has 0 unspecified atom stereocenters. The first kappa shape index (κ1) is 10.7. The Kier molecular flexibility index (Phi) is 4.48. The van der Waals surface area contributed by atoms with Crippen LogP contribution in [-0.4, -0.2) is 0 Å². The van der Waals surface area contributed by atoms with E-state index >= 15 is 0 Å². The maximum absolute atomic E-state index is 2.38. The molecule has 0 aliphatic rings. The topological polar surface area (TPSA) is 0 Å². The molecule has 0 saturated carbocycles. The minimum Gasteiger partial charge on any atom is -0.0887 e. The van der Waals surface area contributed by atoms with E-state index in [1.54, 1.807) is 0 Å². The standard InChI is InChI=1S/C11H22/c1-6-10(4)9-11(5,7-2)8-3/h6H,7-9H2,1-5H3. The summed E-state index contributed by atoms with van der Waals surface area (Å²) in [7, 11) is 0. The number of rotatable bonds is 4. The molecule has 0 heterocycles. The van der Waals surface area contributed by atoms with E-state index in [1.165, 1.54) is 24.8 Å². The lowest BCUT2D eigenvalue weighted by molar-refractivity contribution is 0.295. The first-order valence-corrected chi connectivity index (χ1v) is 4.69. The van der Waals surface area contributed by atoms with Crippen LogP contribution < -0.4 is 0 Å². The molecular formula is C11H22. The average Bonchev–Trinajstić information content (AvgIpc) is 2.04. The highest BCUT2D eigenvalue weighted by Crippen LogP contribution is 2.32. The second-order valence-corrected chi connectivity index (χ2v) is 3.83. The molecule has 11 heavy (non-hydrogen) atoms. The summed E-state index contributed by atoms with van der Waals surface area (Å²) in [5.74, 6) is 0. The molecule has 66 valence electrons. The molecule has 0 saturated heterocycles. The van der Waals surface area contributed by atoms with Crippen molar-refractivity contribution in [1.29, 1.82) is 0 Å². The van der Waals surface area contributed by atoms with Crippen LogP contribution in [0.1, 0.15) is 53.9 Å². The van der Waals surface area contributed by atoms with Gasteiger partial charge in [-0.1, -0.05) is 45.3 Å². The summed E-state index contributed by atoms with van der Waals surface area (Å²) in [6, 6.07) is 0. The van der Waals surface area contributed by atoms with Crippen LogP contribution in [0.25, 0.3) is 0 Å². The summed E-state index contributed by atoms with van der Waals surface area (Å²) in [5, 5.41) is 0. The second-order valence-electron chi connectivity index (χ2n) is 3.83. The number of hydrogen-bond donors (Lipinski definition) is 0. The highest BCUT2D eigenvalue weighted by Gasteiger charge is 2.19. The Morgan fingerprint density at radius 1 is 1.27 bits per heavy atom. The normalized spacial score (nSPS) is 13.7. The Morgan fingerprint density at radius 2 is 1.73 bits per heavy atom. The Morgan fingerprint density at radius 3 is 2.00 bits per heavy atom. The maximum atomic E-state index is 2.38. The molecule has 0 radical (unpaired) electrons. The third-order valence-electron chi connectivity index (χ3n) is 2.91. The highest BCUT2D eigenvalue weighted by atomic mass is 14.2. The van der Waals surface area contributed by atoms with Gasteiger partial charge in [0.1, 0.15) is 0 Å². The molecule has 0 atom stereocenters. The maximum Gasteiger partial charge on any atom is -0.0269 e. The Balaban J connectivity index is 4.08. The first-order chi connectivity index (χ1) is 5.08. The fraction of sp³-hybridized carbons (Fsp3) is 0.818. The zero-order valence-electron chi connectivity index (χ0n) is 8.70. The molecule has 0 rings (SSSR count). The van der Waals surface area contributed by atoms with E-state index in [-0.39, 0.29) is 0 Å². The Bertz CT molecular complexity index is 127. The Labute approximate surface area is 71.7 Å². The molecule has 0 aliphatic carbocycles. The molecule has 0 aliphatic heterocycles. The monoisotopic (exact) mass is 154 g/mol. The van der Waals surface area contributed by atoms with Gasteiger partial charge in [0.15, 0.2) is 0 Å². The molecule has 0 aromatic carbocycles. The lowest BCUT2D eigenvalue weighted by Crippen LogP contribution is -2.13.